The van der Waals surface area contributed by atoms with E-state index in [9.17, 15) is 0 Å². The van der Waals surface area contributed by atoms with E-state index in [1.165, 1.54) is 4.88 Å². The Morgan fingerprint density at radius 1 is 1.18 bits per heavy atom. The summed E-state index contributed by atoms with van der Waals surface area (Å²) in [7, 11) is 0. The molecule has 0 bridgehead atoms. The topological polar surface area (TPSA) is 0 Å². The van der Waals surface area contributed by atoms with Gasteiger partial charge in [-0.15, -0.1) is 22.9 Å². The summed E-state index contributed by atoms with van der Waals surface area (Å²) in [6.45, 7) is 2.07. The summed E-state index contributed by atoms with van der Waals surface area (Å²) in [5, 5.41) is 0.538. The van der Waals surface area contributed by atoms with Crippen LogP contribution in [0.1, 0.15) is 20.7 Å². The van der Waals surface area contributed by atoms with Gasteiger partial charge in [0.25, 0.3) is 0 Å². The zero-order valence-electron chi connectivity index (χ0n) is 8.81. The van der Waals surface area contributed by atoms with Crippen LogP contribution in [0, 0.1) is 6.92 Å². The summed E-state index contributed by atoms with van der Waals surface area (Å²) in [4.78, 5) is 2.36. The first-order valence-corrected chi connectivity index (χ1v) is 8.05. The number of benzene rings is 1. The van der Waals surface area contributed by atoms with E-state index in [4.69, 9.17) is 23.2 Å². The second-order valence-electron chi connectivity index (χ2n) is 3.61. The molecule has 5 heteroatoms. The minimum atomic E-state index is -0.156. The highest BCUT2D eigenvalue weighted by Gasteiger charge is 2.17. The van der Waals surface area contributed by atoms with E-state index < -0.39 is 0 Å². The minimum Gasteiger partial charge on any atom is -0.143 e. The van der Waals surface area contributed by atoms with Gasteiger partial charge in [0, 0.05) is 18.7 Å². The number of hydrogen-bond donors (Lipinski definition) is 0. The molecule has 1 unspecified atom stereocenters. The average molecular weight is 415 g/mol. The third kappa shape index (κ3) is 3.07. The molecule has 1 aromatic carbocycles. The molecule has 17 heavy (non-hydrogen) atoms. The van der Waals surface area contributed by atoms with Crippen molar-refractivity contribution in [2.75, 3.05) is 0 Å². The zero-order valence-corrected chi connectivity index (χ0v) is 14.3. The lowest BCUT2D eigenvalue weighted by Crippen LogP contribution is -1.91. The molecule has 0 N–H and O–H groups in total. The van der Waals surface area contributed by atoms with Gasteiger partial charge in [0.15, 0.2) is 0 Å². The Hall–Kier alpha value is 0.460. The Kier molecular flexibility index (Phi) is 4.59. The number of halogens is 4. The SMILES string of the molecule is Cc1cc(Br)c(C(Cl)c2ccc(Cl)c(Br)c2)s1. The fourth-order valence-corrected chi connectivity index (χ4v) is 4.41. The quantitative estimate of drug-likeness (QED) is 0.488. The molecule has 0 amide bonds. The first-order chi connectivity index (χ1) is 7.99. The summed E-state index contributed by atoms with van der Waals surface area (Å²) in [6, 6.07) is 7.85. The number of thiophene rings is 1. The van der Waals surface area contributed by atoms with Crippen molar-refractivity contribution in [2.24, 2.45) is 0 Å². The van der Waals surface area contributed by atoms with Crippen LogP contribution < -0.4 is 0 Å². The minimum absolute atomic E-state index is 0.156. The smallest absolute Gasteiger partial charge is 0.0939 e. The van der Waals surface area contributed by atoms with Gasteiger partial charge in [-0.05, 0) is 62.5 Å². The van der Waals surface area contributed by atoms with Crippen LogP contribution in [0.15, 0.2) is 33.2 Å². The first kappa shape index (κ1) is 13.9. The van der Waals surface area contributed by atoms with E-state index >= 15 is 0 Å². The first-order valence-electron chi connectivity index (χ1n) is 4.84. The van der Waals surface area contributed by atoms with E-state index in [1.807, 2.05) is 18.2 Å². The molecule has 0 nitrogen and oxygen atoms in total. The number of alkyl halides is 1. The van der Waals surface area contributed by atoms with Crippen molar-refractivity contribution in [1.29, 1.82) is 0 Å². The molecule has 0 aliphatic carbocycles. The summed E-state index contributed by atoms with van der Waals surface area (Å²) >= 11 is 21.1. The molecule has 0 radical (unpaired) electrons. The Morgan fingerprint density at radius 2 is 1.88 bits per heavy atom. The highest BCUT2D eigenvalue weighted by atomic mass is 79.9. The highest BCUT2D eigenvalue weighted by molar-refractivity contribution is 9.10. The van der Waals surface area contributed by atoms with Crippen molar-refractivity contribution in [2.45, 2.75) is 12.3 Å². The van der Waals surface area contributed by atoms with Gasteiger partial charge in [0.05, 0.1) is 10.4 Å². The fraction of sp³-hybridized carbons (Fsp3) is 0.167. The third-order valence-electron chi connectivity index (χ3n) is 2.30. The molecule has 1 aromatic heterocycles. The summed E-state index contributed by atoms with van der Waals surface area (Å²) < 4.78 is 1.93. The lowest BCUT2D eigenvalue weighted by molar-refractivity contribution is 1.17. The van der Waals surface area contributed by atoms with Crippen LogP contribution in [0.3, 0.4) is 0 Å². The van der Waals surface area contributed by atoms with Gasteiger partial charge in [0.2, 0.25) is 0 Å². The van der Waals surface area contributed by atoms with Crippen molar-refractivity contribution < 1.29 is 0 Å². The molecule has 2 aromatic rings. The van der Waals surface area contributed by atoms with Crippen molar-refractivity contribution in [3.8, 4) is 0 Å². The van der Waals surface area contributed by atoms with Crippen LogP contribution in [-0.4, -0.2) is 0 Å². The van der Waals surface area contributed by atoms with E-state index in [2.05, 4.69) is 44.8 Å². The monoisotopic (exact) mass is 412 g/mol. The van der Waals surface area contributed by atoms with Crippen molar-refractivity contribution in [1.82, 2.24) is 0 Å². The lowest BCUT2D eigenvalue weighted by atomic mass is 10.1. The van der Waals surface area contributed by atoms with Crippen LogP contribution in [0.2, 0.25) is 5.02 Å². The zero-order chi connectivity index (χ0) is 12.6. The normalized spacial score (nSPS) is 12.8. The van der Waals surface area contributed by atoms with E-state index in [-0.39, 0.29) is 5.38 Å². The maximum atomic E-state index is 6.49. The van der Waals surface area contributed by atoms with Gasteiger partial charge in [-0.1, -0.05) is 17.7 Å². The van der Waals surface area contributed by atoms with Gasteiger partial charge < -0.3 is 0 Å². The molecule has 90 valence electrons. The molecule has 0 saturated carbocycles. The van der Waals surface area contributed by atoms with Crippen molar-refractivity contribution in [3.05, 3.63) is 53.6 Å². The Labute approximate surface area is 131 Å². The summed E-state index contributed by atoms with van der Waals surface area (Å²) in [5.41, 5.74) is 1.03. The molecular weight excluding hydrogens is 407 g/mol. The Balaban J connectivity index is 2.40. The summed E-state index contributed by atoms with van der Waals surface area (Å²) in [5.74, 6) is 0. The molecule has 0 saturated heterocycles. The Bertz CT molecular complexity index is 551. The third-order valence-corrected chi connectivity index (χ3v) is 6.15. The second-order valence-corrected chi connectivity index (χ2v) is 7.45. The fourth-order valence-electron chi connectivity index (χ4n) is 1.50. The van der Waals surface area contributed by atoms with E-state index in [0.717, 1.165) is 19.4 Å². The van der Waals surface area contributed by atoms with Crippen LogP contribution in [0.5, 0.6) is 0 Å². The molecule has 0 spiro atoms. The van der Waals surface area contributed by atoms with Crippen LogP contribution in [0.4, 0.5) is 0 Å². The maximum absolute atomic E-state index is 6.49. The number of hydrogen-bond acceptors (Lipinski definition) is 1. The van der Waals surface area contributed by atoms with Crippen LogP contribution in [-0.2, 0) is 0 Å². The standard InChI is InChI=1S/C12H8Br2Cl2S/c1-6-4-9(14)12(17-6)11(16)7-2-3-10(15)8(13)5-7/h2-5,11H,1H3. The molecule has 0 fully saturated rings. The lowest BCUT2D eigenvalue weighted by Gasteiger charge is -2.09. The van der Waals surface area contributed by atoms with Gasteiger partial charge in [-0.2, -0.15) is 0 Å². The molecule has 0 aliphatic heterocycles. The van der Waals surface area contributed by atoms with E-state index in [0.29, 0.717) is 5.02 Å². The molecule has 1 heterocycles. The average Bonchev–Trinajstić information content (AvgIpc) is 2.61. The van der Waals surface area contributed by atoms with Gasteiger partial charge >= 0.3 is 0 Å². The van der Waals surface area contributed by atoms with Gasteiger partial charge in [-0.3, -0.25) is 0 Å². The highest BCUT2D eigenvalue weighted by Crippen LogP contribution is 2.40. The maximum Gasteiger partial charge on any atom is 0.0939 e. The molecule has 1 atom stereocenters. The predicted molar refractivity (Wildman–Crippen MR) is 83.6 cm³/mol. The number of aryl methyl sites for hydroxylation is 1. The predicted octanol–water partition coefficient (Wildman–Crippen LogP) is 6.56. The molecule has 2 rings (SSSR count). The largest absolute Gasteiger partial charge is 0.143 e. The molecule has 0 aliphatic rings. The van der Waals surface area contributed by atoms with Crippen molar-refractivity contribution in [3.63, 3.8) is 0 Å². The van der Waals surface area contributed by atoms with Crippen LogP contribution >= 0.6 is 66.4 Å². The van der Waals surface area contributed by atoms with E-state index in [1.54, 1.807) is 11.3 Å². The van der Waals surface area contributed by atoms with Crippen LogP contribution in [0.25, 0.3) is 0 Å². The molecular formula is C12H8Br2Cl2S. The van der Waals surface area contributed by atoms with Gasteiger partial charge in [-0.25, -0.2) is 0 Å². The Morgan fingerprint density at radius 3 is 2.41 bits per heavy atom. The van der Waals surface area contributed by atoms with Gasteiger partial charge in [0.1, 0.15) is 0 Å². The van der Waals surface area contributed by atoms with Crippen molar-refractivity contribution >= 4 is 66.4 Å². The number of rotatable bonds is 2. The summed E-state index contributed by atoms with van der Waals surface area (Å²) in [6.07, 6.45) is 0. The second kappa shape index (κ2) is 5.62.